The highest BCUT2D eigenvalue weighted by Crippen LogP contribution is 2.34. The number of methoxy groups -OCH3 is 3. The van der Waals surface area contributed by atoms with E-state index in [2.05, 4.69) is 21.2 Å². The van der Waals surface area contributed by atoms with Gasteiger partial charge in [0.2, 0.25) is 0 Å². The highest BCUT2D eigenvalue weighted by atomic mass is 16.5. The zero-order valence-electron chi connectivity index (χ0n) is 23.2. The quantitative estimate of drug-likeness (QED) is 0.187. The van der Waals surface area contributed by atoms with Gasteiger partial charge in [0.1, 0.15) is 11.5 Å². The Balaban J connectivity index is 1.35. The summed E-state index contributed by atoms with van der Waals surface area (Å²) in [4.78, 5) is 48.3. The van der Waals surface area contributed by atoms with Crippen molar-refractivity contribution in [1.82, 2.24) is 16.1 Å². The molecule has 0 saturated carbocycles. The van der Waals surface area contributed by atoms with E-state index in [4.69, 9.17) is 23.4 Å². The molecule has 0 fully saturated rings. The molecule has 1 aliphatic rings. The molecule has 0 saturated heterocycles. The number of esters is 2. The number of carbonyl (C=O) groups excluding carboxylic acids is 4. The summed E-state index contributed by atoms with van der Waals surface area (Å²) in [5.41, 5.74) is 4.67. The van der Waals surface area contributed by atoms with E-state index in [0.29, 0.717) is 28.3 Å². The number of benzene rings is 2. The molecule has 3 amide bonds. The molecule has 1 aromatic heterocycles. The first kappa shape index (κ1) is 29.4. The summed E-state index contributed by atoms with van der Waals surface area (Å²) in [5, 5.41) is 9.14. The van der Waals surface area contributed by atoms with Crippen molar-refractivity contribution in [2.75, 3.05) is 27.9 Å². The molecule has 13 nitrogen and oxygen atoms in total. The Morgan fingerprint density at radius 2 is 1.71 bits per heavy atom. The van der Waals surface area contributed by atoms with E-state index >= 15 is 0 Å². The van der Waals surface area contributed by atoms with E-state index in [0.717, 1.165) is 5.56 Å². The first-order valence-corrected chi connectivity index (χ1v) is 12.5. The molecule has 42 heavy (non-hydrogen) atoms. The molecule has 13 heteroatoms. The van der Waals surface area contributed by atoms with E-state index in [-0.39, 0.29) is 23.7 Å². The highest BCUT2D eigenvalue weighted by molar-refractivity contribution is 5.95. The van der Waals surface area contributed by atoms with Crippen LogP contribution in [0.15, 0.2) is 75.4 Å². The number of rotatable bonds is 10. The predicted octanol–water partition coefficient (Wildman–Crippen LogP) is 3.07. The maximum Gasteiger partial charge on any atom is 0.337 e. The van der Waals surface area contributed by atoms with Crippen LogP contribution >= 0.6 is 0 Å². The molecule has 0 unspecified atom stereocenters. The number of hydrogen-bond acceptors (Lipinski definition) is 10. The molecule has 4 rings (SSSR count). The number of nitrogens with one attached hydrogen (secondary N) is 3. The molecule has 1 aliphatic heterocycles. The minimum absolute atomic E-state index is 0.241. The normalized spacial score (nSPS) is 14.6. The largest absolute Gasteiger partial charge is 0.493 e. The van der Waals surface area contributed by atoms with Crippen LogP contribution in [0.25, 0.3) is 11.3 Å². The number of carbonyl (C=O) groups is 4. The van der Waals surface area contributed by atoms with E-state index in [9.17, 15) is 19.2 Å². The van der Waals surface area contributed by atoms with Crippen LogP contribution in [0.2, 0.25) is 0 Å². The Kier molecular flexibility index (Phi) is 9.22. The van der Waals surface area contributed by atoms with Crippen molar-refractivity contribution in [3.8, 4) is 22.8 Å². The summed E-state index contributed by atoms with van der Waals surface area (Å²) in [6, 6.07) is 13.7. The van der Waals surface area contributed by atoms with Gasteiger partial charge in [0, 0.05) is 11.3 Å². The standard InChI is InChI=1S/C29H28N4O9/c1-16-25(28(36)40-4)26(32-29(37)31-16)19-9-11-22(23(13-19)38-2)41-15-24(34)33-30-14-20-10-12-21(42-20)17-5-7-18(8-6-17)27(35)39-3/h5-14,26H,15H2,1-4H3,(H,33,34)(H2,31,32,37)/b30-14-/t26-/m1/s1. The van der Waals surface area contributed by atoms with Crippen molar-refractivity contribution in [2.45, 2.75) is 13.0 Å². The molecule has 0 radical (unpaired) electrons. The van der Waals surface area contributed by atoms with Gasteiger partial charge in [0.15, 0.2) is 18.1 Å². The fourth-order valence-corrected chi connectivity index (χ4v) is 4.12. The fourth-order valence-electron chi connectivity index (χ4n) is 4.12. The molecular weight excluding hydrogens is 548 g/mol. The lowest BCUT2D eigenvalue weighted by Crippen LogP contribution is -2.45. The number of urea groups is 1. The van der Waals surface area contributed by atoms with Crippen LogP contribution in [-0.2, 0) is 19.1 Å². The lowest BCUT2D eigenvalue weighted by molar-refractivity contribution is -0.136. The predicted molar refractivity (Wildman–Crippen MR) is 149 cm³/mol. The molecule has 218 valence electrons. The van der Waals surface area contributed by atoms with Crippen LogP contribution in [0, 0.1) is 0 Å². The monoisotopic (exact) mass is 576 g/mol. The fraction of sp³-hybridized carbons (Fsp3) is 0.207. The van der Waals surface area contributed by atoms with Gasteiger partial charge < -0.3 is 34.0 Å². The summed E-state index contributed by atoms with van der Waals surface area (Å²) >= 11 is 0. The number of hydrazone groups is 1. The van der Waals surface area contributed by atoms with Gasteiger partial charge in [-0.2, -0.15) is 5.10 Å². The third-order valence-electron chi connectivity index (χ3n) is 6.15. The van der Waals surface area contributed by atoms with Crippen LogP contribution < -0.4 is 25.5 Å². The Hall–Kier alpha value is -5.59. The summed E-state index contributed by atoms with van der Waals surface area (Å²) in [6.45, 7) is 1.23. The van der Waals surface area contributed by atoms with Crippen LogP contribution in [0.5, 0.6) is 11.5 Å². The van der Waals surface area contributed by atoms with Crippen LogP contribution in [-0.4, -0.2) is 58.0 Å². The molecule has 0 bridgehead atoms. The summed E-state index contributed by atoms with van der Waals surface area (Å²) in [6.07, 6.45) is 1.33. The Bertz CT molecular complexity index is 1560. The van der Waals surface area contributed by atoms with Crippen LogP contribution in [0.3, 0.4) is 0 Å². The number of furan rings is 1. The first-order chi connectivity index (χ1) is 20.2. The second kappa shape index (κ2) is 13.2. The summed E-state index contributed by atoms with van der Waals surface area (Å²) in [7, 11) is 3.99. The average Bonchev–Trinajstić information content (AvgIpc) is 3.47. The number of ether oxygens (including phenoxy) is 4. The van der Waals surface area contributed by atoms with Crippen molar-refractivity contribution in [1.29, 1.82) is 0 Å². The van der Waals surface area contributed by atoms with Gasteiger partial charge in [-0.15, -0.1) is 0 Å². The Morgan fingerprint density at radius 1 is 0.976 bits per heavy atom. The lowest BCUT2D eigenvalue weighted by Gasteiger charge is -2.28. The van der Waals surface area contributed by atoms with Gasteiger partial charge in [0.25, 0.3) is 5.91 Å². The Labute approximate surface area is 240 Å². The van der Waals surface area contributed by atoms with Gasteiger partial charge in [-0.1, -0.05) is 18.2 Å². The summed E-state index contributed by atoms with van der Waals surface area (Å²) in [5.74, 6) is -0.0946. The number of hydrogen-bond donors (Lipinski definition) is 3. The number of allylic oxidation sites excluding steroid dienone is 1. The summed E-state index contributed by atoms with van der Waals surface area (Å²) < 4.78 is 26.3. The second-order valence-corrected chi connectivity index (χ2v) is 8.82. The van der Waals surface area contributed by atoms with Crippen LogP contribution in [0.1, 0.15) is 34.6 Å². The van der Waals surface area contributed by atoms with Crippen molar-refractivity contribution in [2.24, 2.45) is 5.10 Å². The van der Waals surface area contributed by atoms with Gasteiger partial charge in [-0.05, 0) is 48.9 Å². The molecule has 3 aromatic rings. The topological polar surface area (TPSA) is 167 Å². The molecule has 2 heterocycles. The SMILES string of the molecule is COC(=O)C1=C(C)NC(=O)N[C@@H]1c1ccc(OCC(=O)N/N=C\c2ccc(-c3ccc(C(=O)OC)cc3)o2)c(OC)c1. The Morgan fingerprint density at radius 3 is 2.40 bits per heavy atom. The van der Waals surface area contributed by atoms with Gasteiger partial charge >= 0.3 is 18.0 Å². The molecule has 2 aromatic carbocycles. The van der Waals surface area contributed by atoms with E-state index in [1.165, 1.54) is 27.5 Å². The van der Waals surface area contributed by atoms with E-state index < -0.39 is 29.9 Å². The zero-order chi connectivity index (χ0) is 30.2. The molecule has 1 atom stereocenters. The minimum atomic E-state index is -0.784. The average molecular weight is 577 g/mol. The van der Waals surface area contributed by atoms with Crippen LogP contribution in [0.4, 0.5) is 4.79 Å². The molecule has 0 aliphatic carbocycles. The van der Waals surface area contributed by atoms with Crippen molar-refractivity contribution >= 4 is 30.1 Å². The number of amides is 3. The first-order valence-electron chi connectivity index (χ1n) is 12.5. The van der Waals surface area contributed by atoms with Gasteiger partial charge in [-0.25, -0.2) is 19.8 Å². The highest BCUT2D eigenvalue weighted by Gasteiger charge is 2.32. The molecular formula is C29H28N4O9. The van der Waals surface area contributed by atoms with Crippen molar-refractivity contribution < 1.29 is 42.5 Å². The minimum Gasteiger partial charge on any atom is -0.493 e. The third-order valence-corrected chi connectivity index (χ3v) is 6.15. The van der Waals surface area contributed by atoms with Gasteiger partial charge in [0.05, 0.1) is 44.7 Å². The zero-order valence-corrected chi connectivity index (χ0v) is 23.2. The van der Waals surface area contributed by atoms with Crippen molar-refractivity contribution in [3.63, 3.8) is 0 Å². The second-order valence-electron chi connectivity index (χ2n) is 8.82. The smallest absolute Gasteiger partial charge is 0.337 e. The molecule has 3 N–H and O–H groups in total. The number of nitrogens with zero attached hydrogens (tertiary/aromatic N) is 1. The maximum atomic E-state index is 12.3. The molecule has 0 spiro atoms. The van der Waals surface area contributed by atoms with Gasteiger partial charge in [-0.3, -0.25) is 4.79 Å². The third kappa shape index (κ3) is 6.75. The van der Waals surface area contributed by atoms with E-state index in [1.54, 1.807) is 61.5 Å². The lowest BCUT2D eigenvalue weighted by atomic mass is 9.95. The maximum absolute atomic E-state index is 12.3. The van der Waals surface area contributed by atoms with E-state index in [1.807, 2.05) is 0 Å². The van der Waals surface area contributed by atoms with Crippen molar-refractivity contribution in [3.05, 3.63) is 82.8 Å².